The van der Waals surface area contributed by atoms with E-state index >= 15 is 0 Å². The molecule has 0 spiro atoms. The van der Waals surface area contributed by atoms with Gasteiger partial charge < -0.3 is 20.1 Å². The second-order valence-electron chi connectivity index (χ2n) is 7.15. The summed E-state index contributed by atoms with van der Waals surface area (Å²) in [7, 11) is 0. The van der Waals surface area contributed by atoms with Gasteiger partial charge in [0.05, 0.1) is 25.0 Å². The maximum atomic E-state index is 12.2. The molecule has 3 heterocycles. The summed E-state index contributed by atoms with van der Waals surface area (Å²) in [5, 5.41) is 13.4. The average molecular weight is 362 g/mol. The molecule has 7 heteroatoms. The third kappa shape index (κ3) is 5.16. The first-order valence-electron chi connectivity index (χ1n) is 9.60. The second-order valence-corrected chi connectivity index (χ2v) is 7.15. The van der Waals surface area contributed by atoms with E-state index in [4.69, 9.17) is 4.74 Å². The minimum atomic E-state index is -0.427. The van der Waals surface area contributed by atoms with Gasteiger partial charge in [-0.1, -0.05) is 13.0 Å². The van der Waals surface area contributed by atoms with Crippen molar-refractivity contribution in [3.8, 4) is 0 Å². The van der Waals surface area contributed by atoms with E-state index in [1.54, 1.807) is 4.90 Å². The van der Waals surface area contributed by atoms with Crippen molar-refractivity contribution < 1.29 is 14.6 Å². The maximum absolute atomic E-state index is 12.2. The minimum absolute atomic E-state index is 0.0526. The van der Waals surface area contributed by atoms with Gasteiger partial charge >= 0.3 is 6.03 Å². The Labute approximate surface area is 155 Å². The van der Waals surface area contributed by atoms with Gasteiger partial charge in [-0.3, -0.25) is 9.88 Å². The maximum Gasteiger partial charge on any atom is 0.317 e. The third-order valence-corrected chi connectivity index (χ3v) is 5.30. The number of β-amino-alcohol motifs (C(OH)–C–C–N with tert-alkyl or cyclic N) is 1. The van der Waals surface area contributed by atoms with E-state index in [-0.39, 0.29) is 11.9 Å². The van der Waals surface area contributed by atoms with E-state index in [0.717, 1.165) is 31.6 Å². The van der Waals surface area contributed by atoms with Crippen LogP contribution in [0.25, 0.3) is 0 Å². The topological polar surface area (TPSA) is 77.9 Å². The number of amides is 2. The van der Waals surface area contributed by atoms with Gasteiger partial charge in [-0.25, -0.2) is 4.79 Å². The molecule has 1 aromatic rings. The molecule has 3 rings (SSSR count). The third-order valence-electron chi connectivity index (χ3n) is 5.30. The largest absolute Gasteiger partial charge is 0.391 e. The first kappa shape index (κ1) is 19.1. The van der Waals surface area contributed by atoms with Gasteiger partial charge in [-0.2, -0.15) is 0 Å². The number of aryl methyl sites for hydroxylation is 1. The number of rotatable bonds is 5. The standard InChI is InChI=1S/C19H30N4O3/c1-2-15-3-4-17(20-11-15)13-22-6-5-16(18(24)14-22)12-21-19(25)23-7-9-26-10-8-23/h3-4,11,16,18,24H,2,5-10,12-14H2,1H3,(H,21,25)/t16-,18+/m1/s1. The molecule has 0 saturated carbocycles. The summed E-state index contributed by atoms with van der Waals surface area (Å²) >= 11 is 0. The molecule has 0 aliphatic carbocycles. The smallest absolute Gasteiger partial charge is 0.317 e. The highest BCUT2D eigenvalue weighted by molar-refractivity contribution is 5.74. The van der Waals surface area contributed by atoms with Crippen LogP contribution in [-0.4, -0.2) is 78.0 Å². The number of aromatic nitrogens is 1. The zero-order valence-electron chi connectivity index (χ0n) is 15.6. The summed E-state index contributed by atoms with van der Waals surface area (Å²) in [6.07, 6.45) is 3.37. The molecule has 7 nitrogen and oxygen atoms in total. The number of urea groups is 1. The number of morpholine rings is 1. The fourth-order valence-corrected chi connectivity index (χ4v) is 3.51. The van der Waals surface area contributed by atoms with Crippen molar-refractivity contribution in [2.75, 3.05) is 45.9 Å². The normalized spacial score (nSPS) is 24.5. The molecule has 0 bridgehead atoms. The number of aliphatic hydroxyl groups excluding tert-OH is 1. The van der Waals surface area contributed by atoms with Crippen molar-refractivity contribution in [3.63, 3.8) is 0 Å². The lowest BCUT2D eigenvalue weighted by Gasteiger charge is -2.36. The predicted molar refractivity (Wildman–Crippen MR) is 98.8 cm³/mol. The van der Waals surface area contributed by atoms with Gasteiger partial charge in [-0.05, 0) is 31.0 Å². The van der Waals surface area contributed by atoms with Crippen LogP contribution in [0.5, 0.6) is 0 Å². The van der Waals surface area contributed by atoms with Gasteiger partial charge in [0.25, 0.3) is 0 Å². The number of piperidine rings is 1. The van der Waals surface area contributed by atoms with Crippen molar-refractivity contribution in [2.24, 2.45) is 5.92 Å². The van der Waals surface area contributed by atoms with Crippen LogP contribution in [0.15, 0.2) is 18.3 Å². The van der Waals surface area contributed by atoms with Crippen molar-refractivity contribution in [2.45, 2.75) is 32.4 Å². The lowest BCUT2D eigenvalue weighted by Crippen LogP contribution is -2.51. The lowest BCUT2D eigenvalue weighted by molar-refractivity contribution is 0.0177. The molecule has 0 radical (unpaired) electrons. The Morgan fingerprint density at radius 3 is 2.81 bits per heavy atom. The number of nitrogens with zero attached hydrogens (tertiary/aromatic N) is 3. The van der Waals surface area contributed by atoms with Crippen molar-refractivity contribution in [1.82, 2.24) is 20.1 Å². The van der Waals surface area contributed by atoms with Crippen LogP contribution in [0.1, 0.15) is 24.6 Å². The van der Waals surface area contributed by atoms with Crippen LogP contribution < -0.4 is 5.32 Å². The zero-order valence-corrected chi connectivity index (χ0v) is 15.6. The molecule has 2 amide bonds. The molecular weight excluding hydrogens is 332 g/mol. The SMILES string of the molecule is CCc1ccc(CN2CC[C@H](CNC(=O)N3CCOCC3)[C@@H](O)C2)nc1. The Morgan fingerprint density at radius 2 is 2.15 bits per heavy atom. The number of carbonyl (C=O) groups excluding carboxylic acids is 1. The van der Waals surface area contributed by atoms with Crippen molar-refractivity contribution in [1.29, 1.82) is 0 Å². The van der Waals surface area contributed by atoms with Crippen LogP contribution in [0.3, 0.4) is 0 Å². The second kappa shape index (κ2) is 9.30. The van der Waals surface area contributed by atoms with Crippen LogP contribution in [0, 0.1) is 5.92 Å². The Hall–Kier alpha value is -1.70. The molecule has 1 aromatic heterocycles. The highest BCUT2D eigenvalue weighted by Gasteiger charge is 2.28. The number of aliphatic hydroxyl groups is 1. The van der Waals surface area contributed by atoms with E-state index in [9.17, 15) is 9.90 Å². The number of likely N-dealkylation sites (tertiary alicyclic amines) is 1. The fraction of sp³-hybridized carbons (Fsp3) is 0.684. The number of hydrogen-bond acceptors (Lipinski definition) is 5. The zero-order chi connectivity index (χ0) is 18.4. The summed E-state index contributed by atoms with van der Waals surface area (Å²) in [5.41, 5.74) is 2.27. The fourth-order valence-electron chi connectivity index (χ4n) is 3.51. The van der Waals surface area contributed by atoms with Crippen LogP contribution in [-0.2, 0) is 17.7 Å². The summed E-state index contributed by atoms with van der Waals surface area (Å²) in [6.45, 7) is 7.40. The Balaban J connectivity index is 1.42. The summed E-state index contributed by atoms with van der Waals surface area (Å²) in [6, 6.07) is 4.13. The average Bonchev–Trinajstić information content (AvgIpc) is 2.68. The van der Waals surface area contributed by atoms with Gasteiger partial charge in [0.1, 0.15) is 0 Å². The van der Waals surface area contributed by atoms with E-state index in [1.807, 2.05) is 6.20 Å². The van der Waals surface area contributed by atoms with Crippen molar-refractivity contribution >= 4 is 6.03 Å². The summed E-state index contributed by atoms with van der Waals surface area (Å²) in [5.74, 6) is 0.103. The molecular formula is C19H30N4O3. The molecule has 2 fully saturated rings. The molecule has 0 unspecified atom stereocenters. The Bertz CT molecular complexity index is 575. The van der Waals surface area contributed by atoms with Crippen LogP contribution in [0.4, 0.5) is 4.79 Å². The molecule has 2 saturated heterocycles. The molecule has 2 atom stereocenters. The van der Waals surface area contributed by atoms with Gasteiger partial charge in [0, 0.05) is 44.8 Å². The molecule has 2 aliphatic heterocycles. The number of nitrogens with one attached hydrogen (secondary N) is 1. The number of pyridine rings is 1. The minimum Gasteiger partial charge on any atom is -0.391 e. The van der Waals surface area contributed by atoms with Crippen LogP contribution in [0.2, 0.25) is 0 Å². The molecule has 26 heavy (non-hydrogen) atoms. The van der Waals surface area contributed by atoms with Crippen molar-refractivity contribution in [3.05, 3.63) is 29.6 Å². The Kier molecular flexibility index (Phi) is 6.82. The highest BCUT2D eigenvalue weighted by Crippen LogP contribution is 2.19. The monoisotopic (exact) mass is 362 g/mol. The van der Waals surface area contributed by atoms with E-state index in [2.05, 4.69) is 34.3 Å². The predicted octanol–water partition coefficient (Wildman–Crippen LogP) is 0.869. The molecule has 144 valence electrons. The van der Waals surface area contributed by atoms with E-state index in [1.165, 1.54) is 5.56 Å². The summed E-state index contributed by atoms with van der Waals surface area (Å²) in [4.78, 5) is 20.7. The quantitative estimate of drug-likeness (QED) is 0.813. The lowest BCUT2D eigenvalue weighted by atomic mass is 9.93. The first-order chi connectivity index (χ1) is 12.7. The first-order valence-corrected chi connectivity index (χ1v) is 9.60. The highest BCUT2D eigenvalue weighted by atomic mass is 16.5. The number of carbonyl (C=O) groups is 1. The van der Waals surface area contributed by atoms with Crippen LogP contribution >= 0.6 is 0 Å². The molecule has 2 aliphatic rings. The molecule has 0 aromatic carbocycles. The number of ether oxygens (including phenoxy) is 1. The Morgan fingerprint density at radius 1 is 1.35 bits per heavy atom. The van der Waals surface area contributed by atoms with E-state index in [0.29, 0.717) is 39.4 Å². The van der Waals surface area contributed by atoms with Gasteiger partial charge in [0.15, 0.2) is 0 Å². The van der Waals surface area contributed by atoms with Gasteiger partial charge in [-0.15, -0.1) is 0 Å². The number of hydrogen-bond donors (Lipinski definition) is 2. The molecule has 2 N–H and O–H groups in total. The van der Waals surface area contributed by atoms with Gasteiger partial charge in [0.2, 0.25) is 0 Å². The summed E-state index contributed by atoms with van der Waals surface area (Å²) < 4.78 is 5.26. The van der Waals surface area contributed by atoms with E-state index < -0.39 is 6.10 Å².